The van der Waals surface area contributed by atoms with Crippen molar-refractivity contribution < 1.29 is 9.84 Å². The van der Waals surface area contributed by atoms with Crippen molar-refractivity contribution in [3.63, 3.8) is 0 Å². The minimum atomic E-state index is -0.555. The summed E-state index contributed by atoms with van der Waals surface area (Å²) >= 11 is 6.30. The van der Waals surface area contributed by atoms with Gasteiger partial charge >= 0.3 is 0 Å². The van der Waals surface area contributed by atoms with Crippen LogP contribution in [-0.4, -0.2) is 58.7 Å². The van der Waals surface area contributed by atoms with Crippen molar-refractivity contribution in [1.29, 1.82) is 0 Å². The first-order valence-corrected chi connectivity index (χ1v) is 7.09. The van der Waals surface area contributed by atoms with Gasteiger partial charge in [0.15, 0.2) is 0 Å². The highest BCUT2D eigenvalue weighted by Gasteiger charge is 2.27. The first-order valence-electron chi connectivity index (χ1n) is 6.71. The number of nitrogens with zero attached hydrogens (tertiary/aromatic N) is 3. The minimum absolute atomic E-state index is 0.158. The first-order chi connectivity index (χ1) is 9.02. The zero-order chi connectivity index (χ0) is 14.0. The van der Waals surface area contributed by atoms with Gasteiger partial charge in [0.2, 0.25) is 0 Å². The number of aromatic nitrogens is 2. The quantitative estimate of drug-likeness (QED) is 0.893. The summed E-state index contributed by atoms with van der Waals surface area (Å²) in [5, 5.41) is 15.4. The molecule has 0 amide bonds. The molecular formula is C13H22ClN3O2. The fraction of sp³-hybridized carbons (Fsp3) is 0.769. The van der Waals surface area contributed by atoms with Crippen molar-refractivity contribution >= 4 is 11.6 Å². The van der Waals surface area contributed by atoms with E-state index in [0.29, 0.717) is 18.1 Å². The molecular weight excluding hydrogens is 266 g/mol. The molecule has 0 aliphatic carbocycles. The fourth-order valence-corrected chi connectivity index (χ4v) is 2.79. The molecule has 2 rings (SSSR count). The lowest BCUT2D eigenvalue weighted by Crippen LogP contribution is -2.46. The van der Waals surface area contributed by atoms with E-state index in [2.05, 4.69) is 10.00 Å². The number of likely N-dealkylation sites (N-methyl/N-ethyl adjacent to an activating group) is 1. The second-order valence-electron chi connectivity index (χ2n) is 5.13. The number of hydrogen-bond donors (Lipinski definition) is 1. The number of ether oxygens (including phenoxy) is 1. The van der Waals surface area contributed by atoms with Crippen LogP contribution in [0.5, 0.6) is 0 Å². The lowest BCUT2D eigenvalue weighted by molar-refractivity contribution is -0.0827. The highest BCUT2D eigenvalue weighted by molar-refractivity contribution is 6.31. The summed E-state index contributed by atoms with van der Waals surface area (Å²) in [4.78, 5) is 2.17. The van der Waals surface area contributed by atoms with Crippen molar-refractivity contribution in [2.24, 2.45) is 7.05 Å². The SMILES string of the molecule is CCc1nn(C)c(CC(O)C2CN(C)CCO2)c1Cl. The molecule has 1 N–H and O–H groups in total. The third-order valence-corrected chi connectivity index (χ3v) is 4.07. The van der Waals surface area contributed by atoms with Crippen LogP contribution in [0.1, 0.15) is 18.3 Å². The number of morpholine rings is 1. The maximum absolute atomic E-state index is 10.3. The lowest BCUT2D eigenvalue weighted by Gasteiger charge is -2.32. The van der Waals surface area contributed by atoms with E-state index in [1.807, 2.05) is 21.0 Å². The van der Waals surface area contributed by atoms with E-state index in [4.69, 9.17) is 16.3 Å². The average molecular weight is 288 g/mol. The molecule has 2 heterocycles. The average Bonchev–Trinajstić information content (AvgIpc) is 2.66. The number of aryl methyl sites for hydroxylation is 2. The summed E-state index contributed by atoms with van der Waals surface area (Å²) in [6, 6.07) is 0. The van der Waals surface area contributed by atoms with E-state index in [9.17, 15) is 5.11 Å². The van der Waals surface area contributed by atoms with Crippen LogP contribution in [0.2, 0.25) is 5.02 Å². The predicted octanol–water partition coefficient (Wildman–Crippen LogP) is 0.870. The van der Waals surface area contributed by atoms with Gasteiger partial charge in [-0.3, -0.25) is 4.68 Å². The Morgan fingerprint density at radius 3 is 2.84 bits per heavy atom. The number of halogens is 1. The number of hydrogen-bond acceptors (Lipinski definition) is 4. The van der Waals surface area contributed by atoms with E-state index in [1.165, 1.54) is 0 Å². The molecule has 1 saturated heterocycles. The van der Waals surface area contributed by atoms with E-state index in [-0.39, 0.29) is 6.10 Å². The molecule has 1 fully saturated rings. The van der Waals surface area contributed by atoms with Gasteiger partial charge in [0.1, 0.15) is 0 Å². The Labute approximate surface area is 119 Å². The molecule has 0 bridgehead atoms. The van der Waals surface area contributed by atoms with E-state index < -0.39 is 6.10 Å². The van der Waals surface area contributed by atoms with Crippen molar-refractivity contribution in [1.82, 2.24) is 14.7 Å². The topological polar surface area (TPSA) is 50.5 Å². The van der Waals surface area contributed by atoms with Crippen LogP contribution in [0, 0.1) is 0 Å². The van der Waals surface area contributed by atoms with Gasteiger partial charge in [-0.05, 0) is 13.5 Å². The lowest BCUT2D eigenvalue weighted by atomic mass is 10.1. The van der Waals surface area contributed by atoms with Crippen LogP contribution in [0.25, 0.3) is 0 Å². The van der Waals surface area contributed by atoms with Crippen LogP contribution in [0.15, 0.2) is 0 Å². The van der Waals surface area contributed by atoms with Crippen molar-refractivity contribution in [3.8, 4) is 0 Å². The van der Waals surface area contributed by atoms with Crippen molar-refractivity contribution in [3.05, 3.63) is 16.4 Å². The minimum Gasteiger partial charge on any atom is -0.390 e. The summed E-state index contributed by atoms with van der Waals surface area (Å²) in [5.41, 5.74) is 1.76. The van der Waals surface area contributed by atoms with Gasteiger partial charge in [0.25, 0.3) is 0 Å². The molecule has 0 saturated carbocycles. The van der Waals surface area contributed by atoms with Crippen molar-refractivity contribution in [2.75, 3.05) is 26.7 Å². The van der Waals surface area contributed by atoms with E-state index >= 15 is 0 Å². The van der Waals surface area contributed by atoms with E-state index in [0.717, 1.165) is 30.9 Å². The third kappa shape index (κ3) is 3.28. The third-order valence-electron chi connectivity index (χ3n) is 3.63. The molecule has 0 spiro atoms. The number of aliphatic hydroxyl groups excluding tert-OH is 1. The Hall–Kier alpha value is -0.620. The van der Waals surface area contributed by atoms with Gasteiger partial charge in [-0.1, -0.05) is 18.5 Å². The summed E-state index contributed by atoms with van der Waals surface area (Å²) < 4.78 is 7.39. The molecule has 108 valence electrons. The normalized spacial score (nSPS) is 22.7. The molecule has 6 heteroatoms. The molecule has 0 radical (unpaired) electrons. The molecule has 1 aliphatic heterocycles. The molecule has 2 atom stereocenters. The van der Waals surface area contributed by atoms with Crippen molar-refractivity contribution in [2.45, 2.75) is 32.0 Å². The largest absolute Gasteiger partial charge is 0.390 e. The highest BCUT2D eigenvalue weighted by Crippen LogP contribution is 2.23. The predicted molar refractivity (Wildman–Crippen MR) is 74.5 cm³/mol. The molecule has 1 aliphatic rings. The Morgan fingerprint density at radius 1 is 1.53 bits per heavy atom. The number of aliphatic hydroxyl groups is 1. The zero-order valence-electron chi connectivity index (χ0n) is 11.8. The Morgan fingerprint density at radius 2 is 2.26 bits per heavy atom. The summed E-state index contributed by atoms with van der Waals surface area (Å²) in [5.74, 6) is 0. The van der Waals surface area contributed by atoms with Crippen LogP contribution < -0.4 is 0 Å². The summed E-state index contributed by atoms with van der Waals surface area (Å²) in [6.45, 7) is 4.35. The molecule has 19 heavy (non-hydrogen) atoms. The smallest absolute Gasteiger partial charge is 0.0964 e. The molecule has 1 aromatic rings. The van der Waals surface area contributed by atoms with E-state index in [1.54, 1.807) is 4.68 Å². The number of rotatable bonds is 4. The zero-order valence-corrected chi connectivity index (χ0v) is 12.5. The Kier molecular flexibility index (Phi) is 4.84. The van der Waals surface area contributed by atoms with Gasteiger partial charge in [0, 0.05) is 26.6 Å². The van der Waals surface area contributed by atoms with Gasteiger partial charge < -0.3 is 14.7 Å². The van der Waals surface area contributed by atoms with Crippen LogP contribution in [0.3, 0.4) is 0 Å². The van der Waals surface area contributed by atoms with Crippen LogP contribution in [0.4, 0.5) is 0 Å². The monoisotopic (exact) mass is 287 g/mol. The van der Waals surface area contributed by atoms with Gasteiger partial charge in [-0.2, -0.15) is 5.10 Å². The second kappa shape index (κ2) is 6.22. The fourth-order valence-electron chi connectivity index (χ4n) is 2.41. The highest BCUT2D eigenvalue weighted by atomic mass is 35.5. The van der Waals surface area contributed by atoms with Crippen LogP contribution in [-0.2, 0) is 24.6 Å². The molecule has 0 aromatic carbocycles. The van der Waals surface area contributed by atoms with Crippen LogP contribution >= 0.6 is 11.6 Å². The van der Waals surface area contributed by atoms with Gasteiger partial charge in [-0.25, -0.2) is 0 Å². The van der Waals surface area contributed by atoms with Gasteiger partial charge in [-0.15, -0.1) is 0 Å². The maximum Gasteiger partial charge on any atom is 0.0964 e. The summed E-state index contributed by atoms with van der Waals surface area (Å²) in [6.07, 6.45) is 0.557. The molecule has 2 unspecified atom stereocenters. The maximum atomic E-state index is 10.3. The Bertz CT molecular complexity index is 436. The standard InChI is InChI=1S/C13H22ClN3O2/c1-4-9-13(14)10(17(3)15-9)7-11(18)12-8-16(2)5-6-19-12/h11-12,18H,4-8H2,1-3H3. The van der Waals surface area contributed by atoms with Gasteiger partial charge in [0.05, 0.1) is 35.2 Å². The molecule has 5 nitrogen and oxygen atoms in total. The Balaban J connectivity index is 2.06. The first kappa shape index (κ1) is 14.8. The second-order valence-corrected chi connectivity index (χ2v) is 5.51. The summed E-state index contributed by atoms with van der Waals surface area (Å²) in [7, 11) is 3.90. The molecule has 1 aromatic heterocycles.